The topological polar surface area (TPSA) is 108 Å². The van der Waals surface area contributed by atoms with Gasteiger partial charge in [0.05, 0.1) is 39.9 Å². The maximum absolute atomic E-state index is 12.8. The highest BCUT2D eigenvalue weighted by Gasteiger charge is 2.24. The second kappa shape index (κ2) is 35.9. The first-order chi connectivity index (χ1) is 25.0. The minimum Gasteiger partial charge on any atom is -0.756 e. The van der Waals surface area contributed by atoms with Crippen LogP contribution in [0.2, 0.25) is 0 Å². The minimum atomic E-state index is -4.56. The third-order valence-electron chi connectivity index (χ3n) is 10.0. The number of unbranched alkanes of at least 4 members (excludes halogenated alkanes) is 25. The molecule has 9 heteroatoms. The number of rotatable bonds is 40. The van der Waals surface area contributed by atoms with Crippen LogP contribution < -0.4 is 10.2 Å². The third-order valence-corrected chi connectivity index (χ3v) is 11.0. The highest BCUT2D eigenvalue weighted by molar-refractivity contribution is 7.45. The van der Waals surface area contributed by atoms with Crippen LogP contribution in [0.5, 0.6) is 0 Å². The number of amides is 1. The van der Waals surface area contributed by atoms with Gasteiger partial charge in [-0.05, 0) is 38.5 Å². The summed E-state index contributed by atoms with van der Waals surface area (Å²) in [6, 6.07) is -0.797. The van der Waals surface area contributed by atoms with E-state index in [1.54, 1.807) is 0 Å². The summed E-state index contributed by atoms with van der Waals surface area (Å²) >= 11 is 0. The predicted molar refractivity (Wildman–Crippen MR) is 219 cm³/mol. The first-order valence-corrected chi connectivity index (χ1v) is 23.5. The second-order valence-corrected chi connectivity index (χ2v) is 17.8. The zero-order valence-corrected chi connectivity index (χ0v) is 35.9. The number of nitrogens with zero attached hydrogens (tertiary/aromatic N) is 1. The van der Waals surface area contributed by atoms with Gasteiger partial charge in [-0.15, -0.1) is 0 Å². The Morgan fingerprint density at radius 3 is 1.50 bits per heavy atom. The van der Waals surface area contributed by atoms with Gasteiger partial charge < -0.3 is 28.8 Å². The van der Waals surface area contributed by atoms with E-state index < -0.39 is 20.0 Å². The molecule has 0 saturated carbocycles. The summed E-state index contributed by atoms with van der Waals surface area (Å²) in [6.45, 7) is 4.71. The van der Waals surface area contributed by atoms with Gasteiger partial charge in [-0.3, -0.25) is 9.36 Å². The van der Waals surface area contributed by atoms with Gasteiger partial charge in [0.25, 0.3) is 7.82 Å². The monoisotopic (exact) mass is 759 g/mol. The van der Waals surface area contributed by atoms with E-state index in [-0.39, 0.29) is 19.1 Å². The number of nitrogens with one attached hydrogen (secondary N) is 1. The molecule has 8 nitrogen and oxygen atoms in total. The van der Waals surface area contributed by atoms with Crippen LogP contribution in [-0.4, -0.2) is 68.5 Å². The molecule has 0 radical (unpaired) electrons. The first-order valence-electron chi connectivity index (χ1n) is 22.0. The standard InChI is InChI=1S/C43H87N2O6P/c1-6-8-10-12-14-16-18-19-20-21-22-23-24-25-27-29-31-33-35-37-43(47)44-41(40-51-52(48,49)50-39-38-45(3,4)5)42(46)36-34-32-30-28-26-17-15-13-11-9-7-2/h21-22,41-42,46H,6-20,23-40H2,1-5H3,(H-,44,47,48,49)/b22-21-. The van der Waals surface area contributed by atoms with Crippen molar-refractivity contribution in [3.63, 3.8) is 0 Å². The molecule has 0 heterocycles. The number of aliphatic hydroxyl groups is 1. The van der Waals surface area contributed by atoms with E-state index in [0.717, 1.165) is 38.5 Å². The number of aliphatic hydroxyl groups excluding tert-OH is 1. The fourth-order valence-corrected chi connectivity index (χ4v) is 7.17. The van der Waals surface area contributed by atoms with Gasteiger partial charge in [-0.1, -0.05) is 174 Å². The number of allylic oxidation sites excluding steroid dienone is 2. The van der Waals surface area contributed by atoms with Gasteiger partial charge >= 0.3 is 0 Å². The largest absolute Gasteiger partial charge is 0.756 e. The van der Waals surface area contributed by atoms with E-state index in [4.69, 9.17) is 9.05 Å². The van der Waals surface area contributed by atoms with Crippen LogP contribution in [0.4, 0.5) is 0 Å². The number of phosphoric acid groups is 1. The molecule has 2 N–H and O–H groups in total. The number of phosphoric ester groups is 1. The van der Waals surface area contributed by atoms with Crippen molar-refractivity contribution in [2.24, 2.45) is 0 Å². The molecule has 0 aliphatic heterocycles. The maximum atomic E-state index is 12.8. The number of likely N-dealkylation sites (N-methyl/N-ethyl adjacent to an activating group) is 1. The molecule has 310 valence electrons. The van der Waals surface area contributed by atoms with Gasteiger partial charge in [-0.2, -0.15) is 0 Å². The quantitative estimate of drug-likeness (QED) is 0.0279. The lowest BCUT2D eigenvalue weighted by atomic mass is 10.0. The lowest BCUT2D eigenvalue weighted by Crippen LogP contribution is -2.46. The molecule has 0 aromatic rings. The average Bonchev–Trinajstić information content (AvgIpc) is 3.09. The molecule has 0 fully saturated rings. The fourth-order valence-electron chi connectivity index (χ4n) is 6.45. The molecule has 0 aromatic carbocycles. The van der Waals surface area contributed by atoms with Crippen LogP contribution >= 0.6 is 7.82 Å². The van der Waals surface area contributed by atoms with Gasteiger partial charge in [0.15, 0.2) is 0 Å². The summed E-state index contributed by atoms with van der Waals surface area (Å²) in [5, 5.41) is 13.9. The number of hydrogen-bond donors (Lipinski definition) is 2. The number of hydrogen-bond acceptors (Lipinski definition) is 6. The Morgan fingerprint density at radius 2 is 1.06 bits per heavy atom. The molecule has 0 aliphatic rings. The Morgan fingerprint density at radius 1 is 0.654 bits per heavy atom. The van der Waals surface area contributed by atoms with Crippen molar-refractivity contribution in [2.45, 2.75) is 219 Å². The van der Waals surface area contributed by atoms with Gasteiger partial charge in [-0.25, -0.2) is 0 Å². The van der Waals surface area contributed by atoms with Crippen LogP contribution in [0.15, 0.2) is 12.2 Å². The van der Waals surface area contributed by atoms with Crippen LogP contribution in [0.1, 0.15) is 206 Å². The molecule has 0 spiro atoms. The molecule has 0 aromatic heterocycles. The molecule has 3 atom stereocenters. The molecule has 1 amide bonds. The second-order valence-electron chi connectivity index (χ2n) is 16.4. The van der Waals surface area contributed by atoms with E-state index in [0.29, 0.717) is 23.9 Å². The maximum Gasteiger partial charge on any atom is 0.268 e. The molecular weight excluding hydrogens is 671 g/mol. The van der Waals surface area contributed by atoms with Crippen molar-refractivity contribution >= 4 is 13.7 Å². The fraction of sp³-hybridized carbons (Fsp3) is 0.930. The number of carbonyl (C=O) groups is 1. The summed E-state index contributed by atoms with van der Waals surface area (Å²) < 4.78 is 23.2. The van der Waals surface area contributed by atoms with Crippen LogP contribution in [-0.2, 0) is 18.4 Å². The molecule has 3 unspecified atom stereocenters. The predicted octanol–water partition coefficient (Wildman–Crippen LogP) is 11.3. The van der Waals surface area contributed by atoms with Crippen molar-refractivity contribution < 1.29 is 32.9 Å². The molecule has 0 saturated heterocycles. The zero-order chi connectivity index (χ0) is 38.6. The van der Waals surface area contributed by atoms with Crippen LogP contribution in [0.25, 0.3) is 0 Å². The van der Waals surface area contributed by atoms with E-state index in [1.807, 2.05) is 21.1 Å². The molecule has 0 bridgehead atoms. The van der Waals surface area contributed by atoms with E-state index >= 15 is 0 Å². The van der Waals surface area contributed by atoms with Gasteiger partial charge in [0.1, 0.15) is 13.2 Å². The smallest absolute Gasteiger partial charge is 0.268 e. The number of quaternary nitrogens is 1. The Bertz CT molecular complexity index is 865. The number of carbonyl (C=O) groups excluding carboxylic acids is 1. The Kier molecular flexibility index (Phi) is 35.4. The first kappa shape index (κ1) is 51.2. The lowest BCUT2D eigenvalue weighted by Gasteiger charge is -2.30. The van der Waals surface area contributed by atoms with Crippen molar-refractivity contribution in [1.82, 2.24) is 5.32 Å². The average molecular weight is 759 g/mol. The summed E-state index contributed by atoms with van der Waals surface area (Å²) in [5.41, 5.74) is 0. The molecule has 0 rings (SSSR count). The molecular formula is C43H87N2O6P. The minimum absolute atomic E-state index is 0.0129. The zero-order valence-electron chi connectivity index (χ0n) is 35.0. The van der Waals surface area contributed by atoms with E-state index in [9.17, 15) is 19.4 Å². The Labute approximate surface area is 322 Å². The molecule has 52 heavy (non-hydrogen) atoms. The van der Waals surface area contributed by atoms with E-state index in [2.05, 4.69) is 31.3 Å². The summed E-state index contributed by atoms with van der Waals surface area (Å²) in [4.78, 5) is 25.3. The van der Waals surface area contributed by atoms with Crippen molar-refractivity contribution in [1.29, 1.82) is 0 Å². The highest BCUT2D eigenvalue weighted by Crippen LogP contribution is 2.38. The van der Waals surface area contributed by atoms with Gasteiger partial charge in [0, 0.05) is 6.42 Å². The summed E-state index contributed by atoms with van der Waals surface area (Å²) in [7, 11) is 1.31. The van der Waals surface area contributed by atoms with E-state index in [1.165, 1.54) is 141 Å². The summed E-state index contributed by atoms with van der Waals surface area (Å²) in [6.07, 6.45) is 39.3. The highest BCUT2D eigenvalue weighted by atomic mass is 31.2. The summed E-state index contributed by atoms with van der Waals surface area (Å²) in [5.74, 6) is -0.169. The SMILES string of the molecule is CCCCCCCCCC/C=C\CCCCCCCCCC(=O)NC(COP(=O)([O-])OCC[N+](C)(C)C)C(O)CCCCCCCCCCCCC. The van der Waals surface area contributed by atoms with Crippen molar-refractivity contribution in [3.05, 3.63) is 12.2 Å². The Hall–Kier alpha value is -0.760. The van der Waals surface area contributed by atoms with Crippen molar-refractivity contribution in [3.8, 4) is 0 Å². The van der Waals surface area contributed by atoms with Crippen LogP contribution in [0, 0.1) is 0 Å². The molecule has 0 aliphatic carbocycles. The lowest BCUT2D eigenvalue weighted by molar-refractivity contribution is -0.870. The Balaban J connectivity index is 4.30. The third kappa shape index (κ3) is 37.6. The van der Waals surface area contributed by atoms with Crippen LogP contribution in [0.3, 0.4) is 0 Å². The van der Waals surface area contributed by atoms with Crippen molar-refractivity contribution in [2.75, 3.05) is 40.9 Å². The van der Waals surface area contributed by atoms with Gasteiger partial charge in [0.2, 0.25) is 5.91 Å². The normalized spacial score (nSPS) is 14.5.